The Morgan fingerprint density at radius 1 is 1.44 bits per heavy atom. The van der Waals surface area contributed by atoms with Crippen LogP contribution in [0.15, 0.2) is 16.8 Å². The van der Waals surface area contributed by atoms with Crippen molar-refractivity contribution in [2.75, 3.05) is 12.4 Å². The summed E-state index contributed by atoms with van der Waals surface area (Å²) in [5.41, 5.74) is 1.12. The number of hydrogen-bond acceptors (Lipinski definition) is 6. The van der Waals surface area contributed by atoms with E-state index < -0.39 is 5.97 Å². The molecule has 0 saturated heterocycles. The van der Waals surface area contributed by atoms with Crippen LogP contribution in [0.3, 0.4) is 0 Å². The molecule has 0 aliphatic heterocycles. The van der Waals surface area contributed by atoms with E-state index in [0.29, 0.717) is 21.3 Å². The second-order valence-electron chi connectivity index (χ2n) is 3.39. The number of esters is 1. The third-order valence-electron chi connectivity index (χ3n) is 2.17. The van der Waals surface area contributed by atoms with Crippen molar-refractivity contribution in [2.24, 2.45) is 0 Å². The van der Waals surface area contributed by atoms with Crippen LogP contribution in [0.25, 0.3) is 0 Å². The highest BCUT2D eigenvalue weighted by Gasteiger charge is 2.17. The fraction of sp³-hybridized carbons (Fsp3) is 0.182. The molecule has 0 atom stereocenters. The highest BCUT2D eigenvalue weighted by Crippen LogP contribution is 2.23. The number of carbonyl (C=O) groups is 2. The molecular weight excluding hydrogens is 272 g/mol. The lowest BCUT2D eigenvalue weighted by molar-refractivity contribution is 0.0605. The van der Waals surface area contributed by atoms with Crippen molar-refractivity contribution >= 4 is 39.7 Å². The lowest BCUT2D eigenvalue weighted by Gasteiger charge is -1.97. The number of anilines is 1. The fourth-order valence-corrected chi connectivity index (χ4v) is 2.81. The second kappa shape index (κ2) is 5.28. The number of aromatic nitrogens is 1. The first-order valence-corrected chi connectivity index (χ1v) is 6.77. The van der Waals surface area contributed by atoms with Gasteiger partial charge in [-0.05, 0) is 18.4 Å². The standard InChI is InChI=1S/C11H10N2O3S2/c1-6-8(10(15)16-2)18-11(12-6)13-9(14)7-3-4-17-5-7/h3-5H,1-2H3,(H,12,13,14). The van der Waals surface area contributed by atoms with Crippen molar-refractivity contribution in [3.05, 3.63) is 33.0 Å². The number of aryl methyl sites for hydroxylation is 1. The van der Waals surface area contributed by atoms with E-state index in [1.165, 1.54) is 18.4 Å². The molecule has 0 fully saturated rings. The summed E-state index contributed by atoms with van der Waals surface area (Å²) < 4.78 is 4.63. The molecule has 0 saturated carbocycles. The van der Waals surface area contributed by atoms with Crippen LogP contribution >= 0.6 is 22.7 Å². The van der Waals surface area contributed by atoms with Crippen LogP contribution in [0.5, 0.6) is 0 Å². The molecule has 0 aromatic carbocycles. The van der Waals surface area contributed by atoms with Gasteiger partial charge in [-0.2, -0.15) is 11.3 Å². The van der Waals surface area contributed by atoms with E-state index in [1.54, 1.807) is 18.4 Å². The zero-order valence-corrected chi connectivity index (χ0v) is 11.4. The molecule has 2 aromatic heterocycles. The molecule has 2 aromatic rings. The molecule has 7 heteroatoms. The summed E-state index contributed by atoms with van der Waals surface area (Å²) in [5.74, 6) is -0.678. The zero-order valence-electron chi connectivity index (χ0n) is 9.72. The van der Waals surface area contributed by atoms with Crippen molar-refractivity contribution in [3.63, 3.8) is 0 Å². The van der Waals surface area contributed by atoms with Gasteiger partial charge in [0.05, 0.1) is 18.4 Å². The summed E-state index contributed by atoms with van der Waals surface area (Å²) in [4.78, 5) is 27.7. The largest absolute Gasteiger partial charge is 0.465 e. The minimum atomic E-state index is -0.443. The minimum absolute atomic E-state index is 0.235. The first-order chi connectivity index (χ1) is 8.61. The summed E-state index contributed by atoms with van der Waals surface area (Å²) in [6.45, 7) is 1.70. The maximum atomic E-state index is 11.8. The summed E-state index contributed by atoms with van der Waals surface area (Å²) in [5, 5.41) is 6.61. The van der Waals surface area contributed by atoms with E-state index >= 15 is 0 Å². The number of thiazole rings is 1. The van der Waals surface area contributed by atoms with Crippen molar-refractivity contribution in [3.8, 4) is 0 Å². The Morgan fingerprint density at radius 3 is 2.83 bits per heavy atom. The Hall–Kier alpha value is -1.73. The van der Waals surface area contributed by atoms with Gasteiger partial charge < -0.3 is 4.74 Å². The van der Waals surface area contributed by atoms with Crippen molar-refractivity contribution in [2.45, 2.75) is 6.92 Å². The lowest BCUT2D eigenvalue weighted by Crippen LogP contribution is -2.10. The molecule has 0 aliphatic rings. The Morgan fingerprint density at radius 2 is 2.22 bits per heavy atom. The number of rotatable bonds is 3. The normalized spacial score (nSPS) is 10.1. The van der Waals surface area contributed by atoms with Gasteiger partial charge in [0.2, 0.25) is 0 Å². The van der Waals surface area contributed by atoms with Gasteiger partial charge in [0.1, 0.15) is 4.88 Å². The smallest absolute Gasteiger partial charge is 0.350 e. The van der Waals surface area contributed by atoms with Crippen LogP contribution in [0.4, 0.5) is 5.13 Å². The van der Waals surface area contributed by atoms with Gasteiger partial charge in [0, 0.05) is 5.38 Å². The number of amides is 1. The van der Waals surface area contributed by atoms with Crippen LogP contribution in [-0.2, 0) is 4.74 Å². The Bertz CT molecular complexity index is 575. The number of nitrogens with one attached hydrogen (secondary N) is 1. The van der Waals surface area contributed by atoms with Crippen LogP contribution in [0.1, 0.15) is 25.7 Å². The topological polar surface area (TPSA) is 68.3 Å². The number of thiophene rings is 1. The predicted octanol–water partition coefficient (Wildman–Crippen LogP) is 2.55. The number of methoxy groups -OCH3 is 1. The van der Waals surface area contributed by atoms with Gasteiger partial charge in [-0.15, -0.1) is 0 Å². The van der Waals surface area contributed by atoms with Crippen LogP contribution in [0, 0.1) is 6.92 Å². The molecule has 2 rings (SSSR count). The molecule has 5 nitrogen and oxygen atoms in total. The molecule has 2 heterocycles. The first kappa shape index (κ1) is 12.7. The lowest BCUT2D eigenvalue weighted by atomic mass is 10.3. The van der Waals surface area contributed by atoms with Gasteiger partial charge in [-0.25, -0.2) is 9.78 Å². The van der Waals surface area contributed by atoms with E-state index in [4.69, 9.17) is 0 Å². The van der Waals surface area contributed by atoms with E-state index in [1.807, 2.05) is 5.38 Å². The summed E-state index contributed by atoms with van der Waals surface area (Å²) in [7, 11) is 1.31. The number of hydrogen-bond donors (Lipinski definition) is 1. The van der Waals surface area contributed by atoms with Crippen molar-refractivity contribution < 1.29 is 14.3 Å². The predicted molar refractivity (Wildman–Crippen MR) is 70.5 cm³/mol. The summed E-state index contributed by atoms with van der Waals surface area (Å²) >= 11 is 2.55. The van der Waals surface area contributed by atoms with E-state index in [2.05, 4.69) is 15.0 Å². The molecule has 18 heavy (non-hydrogen) atoms. The monoisotopic (exact) mass is 282 g/mol. The van der Waals surface area contributed by atoms with E-state index in [0.717, 1.165) is 11.3 Å². The highest BCUT2D eigenvalue weighted by atomic mass is 32.1. The Kier molecular flexibility index (Phi) is 3.73. The molecule has 0 unspecified atom stereocenters. The maximum Gasteiger partial charge on any atom is 0.350 e. The summed E-state index contributed by atoms with van der Waals surface area (Å²) in [6, 6.07) is 1.72. The second-order valence-corrected chi connectivity index (χ2v) is 5.17. The molecule has 0 bridgehead atoms. The third kappa shape index (κ3) is 2.57. The molecule has 1 amide bonds. The Balaban J connectivity index is 2.16. The Labute approximate surface area is 111 Å². The van der Waals surface area contributed by atoms with Crippen molar-refractivity contribution in [1.82, 2.24) is 4.98 Å². The highest BCUT2D eigenvalue weighted by molar-refractivity contribution is 7.17. The molecule has 94 valence electrons. The number of carbonyl (C=O) groups excluding carboxylic acids is 2. The average molecular weight is 282 g/mol. The molecular formula is C11H10N2O3S2. The fourth-order valence-electron chi connectivity index (χ4n) is 1.29. The quantitative estimate of drug-likeness (QED) is 0.878. The maximum absolute atomic E-state index is 11.8. The van der Waals surface area contributed by atoms with E-state index in [9.17, 15) is 9.59 Å². The van der Waals surface area contributed by atoms with Crippen molar-refractivity contribution in [1.29, 1.82) is 0 Å². The molecule has 1 N–H and O–H groups in total. The van der Waals surface area contributed by atoms with Gasteiger partial charge in [-0.1, -0.05) is 11.3 Å². The number of nitrogens with zero attached hydrogens (tertiary/aromatic N) is 1. The van der Waals surface area contributed by atoms with Gasteiger partial charge in [0.15, 0.2) is 5.13 Å². The molecule has 0 aliphatic carbocycles. The number of ether oxygens (including phenoxy) is 1. The van der Waals surface area contributed by atoms with Gasteiger partial charge in [-0.3, -0.25) is 10.1 Å². The average Bonchev–Trinajstić information content (AvgIpc) is 2.97. The van der Waals surface area contributed by atoms with Gasteiger partial charge >= 0.3 is 5.97 Å². The molecule has 0 radical (unpaired) electrons. The van der Waals surface area contributed by atoms with Crippen LogP contribution < -0.4 is 5.32 Å². The third-order valence-corrected chi connectivity index (χ3v) is 3.91. The zero-order chi connectivity index (χ0) is 13.1. The summed E-state index contributed by atoms with van der Waals surface area (Å²) in [6.07, 6.45) is 0. The van der Waals surface area contributed by atoms with Crippen LogP contribution in [-0.4, -0.2) is 24.0 Å². The van der Waals surface area contributed by atoms with Crippen LogP contribution in [0.2, 0.25) is 0 Å². The first-order valence-electron chi connectivity index (χ1n) is 5.01. The van der Waals surface area contributed by atoms with E-state index in [-0.39, 0.29) is 5.91 Å². The molecule has 0 spiro atoms. The SMILES string of the molecule is COC(=O)c1sc(NC(=O)c2ccsc2)nc1C. The minimum Gasteiger partial charge on any atom is -0.465 e. The van der Waals surface area contributed by atoms with Gasteiger partial charge in [0.25, 0.3) is 5.91 Å².